The Hall–Kier alpha value is -0.570. The van der Waals surface area contributed by atoms with Crippen LogP contribution in [0.4, 0.5) is 0 Å². The number of carbonyl (C=O) groups is 1. The average Bonchev–Trinajstić information content (AvgIpc) is 2.15. The van der Waals surface area contributed by atoms with E-state index in [-0.39, 0.29) is 11.9 Å². The monoisotopic (exact) mass is 258 g/mol. The van der Waals surface area contributed by atoms with Crippen LogP contribution in [-0.4, -0.2) is 12.4 Å². The standard InChI is InChI=1S/C12H12Cl2O2/c1-7-4-9(13)12(10(14)5-7)11-6-8(15)2-3-16-11/h4-5,11H,2-3,6H2,1H3. The van der Waals surface area contributed by atoms with E-state index >= 15 is 0 Å². The van der Waals surface area contributed by atoms with Gasteiger partial charge in [0, 0.05) is 28.5 Å². The fraction of sp³-hybridized carbons (Fsp3) is 0.417. The number of hydrogen-bond acceptors (Lipinski definition) is 2. The molecule has 1 aromatic rings. The summed E-state index contributed by atoms with van der Waals surface area (Å²) in [6.45, 7) is 2.37. The number of halogens is 2. The quantitative estimate of drug-likeness (QED) is 0.768. The van der Waals surface area contributed by atoms with Gasteiger partial charge in [0.25, 0.3) is 0 Å². The highest BCUT2D eigenvalue weighted by molar-refractivity contribution is 6.36. The third-order valence-electron chi connectivity index (χ3n) is 2.66. The Morgan fingerprint density at radius 3 is 2.50 bits per heavy atom. The summed E-state index contributed by atoms with van der Waals surface area (Å²) >= 11 is 12.3. The molecular weight excluding hydrogens is 247 g/mol. The molecule has 1 aliphatic rings. The Morgan fingerprint density at radius 1 is 1.31 bits per heavy atom. The average molecular weight is 259 g/mol. The van der Waals surface area contributed by atoms with Gasteiger partial charge in [-0.05, 0) is 24.6 Å². The van der Waals surface area contributed by atoms with E-state index in [1.165, 1.54) is 0 Å². The van der Waals surface area contributed by atoms with Crippen molar-refractivity contribution in [3.8, 4) is 0 Å². The Morgan fingerprint density at radius 2 is 1.94 bits per heavy atom. The van der Waals surface area contributed by atoms with Gasteiger partial charge in [-0.25, -0.2) is 0 Å². The number of Topliss-reactive ketones (excluding diaryl/α,β-unsaturated/α-hetero) is 1. The summed E-state index contributed by atoms with van der Waals surface area (Å²) in [5.74, 6) is 0.198. The van der Waals surface area contributed by atoms with Gasteiger partial charge in [-0.1, -0.05) is 23.2 Å². The third-order valence-corrected chi connectivity index (χ3v) is 3.28. The van der Waals surface area contributed by atoms with Crippen LogP contribution >= 0.6 is 23.2 Å². The van der Waals surface area contributed by atoms with Crippen molar-refractivity contribution in [2.24, 2.45) is 0 Å². The van der Waals surface area contributed by atoms with Crippen molar-refractivity contribution in [1.82, 2.24) is 0 Å². The van der Waals surface area contributed by atoms with Crippen LogP contribution in [-0.2, 0) is 9.53 Å². The summed E-state index contributed by atoms with van der Waals surface area (Å²) in [6.07, 6.45) is 0.557. The molecule has 0 bridgehead atoms. The van der Waals surface area contributed by atoms with Gasteiger partial charge >= 0.3 is 0 Å². The van der Waals surface area contributed by atoms with Gasteiger partial charge in [0.15, 0.2) is 0 Å². The topological polar surface area (TPSA) is 26.3 Å². The van der Waals surface area contributed by atoms with Gasteiger partial charge in [0.1, 0.15) is 5.78 Å². The molecule has 0 aromatic heterocycles. The third kappa shape index (κ3) is 2.40. The van der Waals surface area contributed by atoms with Crippen LogP contribution in [0, 0.1) is 6.92 Å². The SMILES string of the molecule is Cc1cc(Cl)c(C2CC(=O)CCO2)c(Cl)c1. The molecule has 1 aliphatic heterocycles. The summed E-state index contributed by atoms with van der Waals surface area (Å²) in [4.78, 5) is 11.4. The zero-order chi connectivity index (χ0) is 11.7. The van der Waals surface area contributed by atoms with Crippen molar-refractivity contribution in [3.63, 3.8) is 0 Å². The predicted molar refractivity (Wildman–Crippen MR) is 64.1 cm³/mol. The van der Waals surface area contributed by atoms with Gasteiger partial charge in [-0.2, -0.15) is 0 Å². The zero-order valence-electron chi connectivity index (χ0n) is 8.93. The Bertz CT molecular complexity index is 406. The molecule has 0 N–H and O–H groups in total. The molecule has 0 aliphatic carbocycles. The fourth-order valence-electron chi connectivity index (χ4n) is 1.89. The van der Waals surface area contributed by atoms with E-state index in [0.29, 0.717) is 29.5 Å². The first kappa shape index (κ1) is 11.9. The van der Waals surface area contributed by atoms with Crippen molar-refractivity contribution in [2.45, 2.75) is 25.9 Å². The molecule has 1 unspecified atom stereocenters. The predicted octanol–water partition coefficient (Wildman–Crippen LogP) is 3.72. The number of aryl methyl sites for hydroxylation is 1. The smallest absolute Gasteiger partial charge is 0.138 e. The van der Waals surface area contributed by atoms with Crippen LogP contribution in [0.5, 0.6) is 0 Å². The summed E-state index contributed by atoms with van der Waals surface area (Å²) < 4.78 is 5.55. The van der Waals surface area contributed by atoms with E-state index in [0.717, 1.165) is 11.1 Å². The highest BCUT2D eigenvalue weighted by atomic mass is 35.5. The van der Waals surface area contributed by atoms with Crippen LogP contribution in [0.25, 0.3) is 0 Å². The first-order chi connectivity index (χ1) is 7.58. The van der Waals surface area contributed by atoms with Crippen LogP contribution in [0.2, 0.25) is 10.0 Å². The lowest BCUT2D eigenvalue weighted by atomic mass is 9.99. The minimum atomic E-state index is -0.290. The maximum Gasteiger partial charge on any atom is 0.138 e. The van der Waals surface area contributed by atoms with E-state index in [9.17, 15) is 4.79 Å². The summed E-state index contributed by atoms with van der Waals surface area (Å²) in [7, 11) is 0. The molecular formula is C12H12Cl2O2. The van der Waals surface area contributed by atoms with E-state index in [1.807, 2.05) is 19.1 Å². The first-order valence-electron chi connectivity index (χ1n) is 5.17. The molecule has 16 heavy (non-hydrogen) atoms. The van der Waals surface area contributed by atoms with Crippen LogP contribution in [0.1, 0.15) is 30.1 Å². The molecule has 4 heteroatoms. The highest BCUT2D eigenvalue weighted by Gasteiger charge is 2.25. The Labute approximate surface area is 104 Å². The van der Waals surface area contributed by atoms with E-state index in [1.54, 1.807) is 0 Å². The molecule has 0 amide bonds. The fourth-order valence-corrected chi connectivity index (χ4v) is 2.73. The van der Waals surface area contributed by atoms with Crippen molar-refractivity contribution in [3.05, 3.63) is 33.3 Å². The molecule has 1 aromatic carbocycles. The van der Waals surface area contributed by atoms with Gasteiger partial charge in [0.05, 0.1) is 12.7 Å². The first-order valence-corrected chi connectivity index (χ1v) is 5.92. The van der Waals surface area contributed by atoms with Crippen molar-refractivity contribution in [1.29, 1.82) is 0 Å². The lowest BCUT2D eigenvalue weighted by Crippen LogP contribution is -2.20. The summed E-state index contributed by atoms with van der Waals surface area (Å²) in [6, 6.07) is 3.68. The van der Waals surface area contributed by atoms with Crippen LogP contribution < -0.4 is 0 Å². The Balaban J connectivity index is 2.35. The largest absolute Gasteiger partial charge is 0.372 e. The minimum absolute atomic E-state index is 0.198. The van der Waals surface area contributed by atoms with E-state index in [4.69, 9.17) is 27.9 Å². The van der Waals surface area contributed by atoms with E-state index < -0.39 is 0 Å². The van der Waals surface area contributed by atoms with Crippen LogP contribution in [0.3, 0.4) is 0 Å². The minimum Gasteiger partial charge on any atom is -0.372 e. The second-order valence-corrected chi connectivity index (χ2v) is 4.81. The van der Waals surface area contributed by atoms with Gasteiger partial charge in [-0.15, -0.1) is 0 Å². The van der Waals surface area contributed by atoms with Crippen molar-refractivity contribution in [2.75, 3.05) is 6.61 Å². The number of benzene rings is 1. The van der Waals surface area contributed by atoms with Crippen molar-refractivity contribution >= 4 is 29.0 Å². The van der Waals surface area contributed by atoms with Gasteiger partial charge < -0.3 is 4.74 Å². The van der Waals surface area contributed by atoms with Gasteiger partial charge in [-0.3, -0.25) is 4.79 Å². The molecule has 2 nitrogen and oxygen atoms in total. The molecule has 1 heterocycles. The highest BCUT2D eigenvalue weighted by Crippen LogP contribution is 2.37. The molecule has 1 saturated heterocycles. The molecule has 1 fully saturated rings. The maximum absolute atomic E-state index is 11.4. The Kier molecular flexibility index (Phi) is 3.53. The number of ketones is 1. The molecule has 0 saturated carbocycles. The lowest BCUT2D eigenvalue weighted by molar-refractivity contribution is -0.128. The normalized spacial score (nSPS) is 21.2. The molecule has 2 rings (SSSR count). The number of carbonyl (C=O) groups excluding carboxylic acids is 1. The molecule has 1 atom stereocenters. The molecule has 86 valence electrons. The van der Waals surface area contributed by atoms with Crippen molar-refractivity contribution < 1.29 is 9.53 Å². The lowest BCUT2D eigenvalue weighted by Gasteiger charge is -2.24. The summed E-state index contributed by atoms with van der Waals surface area (Å²) in [5.41, 5.74) is 1.74. The maximum atomic E-state index is 11.4. The zero-order valence-corrected chi connectivity index (χ0v) is 10.4. The van der Waals surface area contributed by atoms with E-state index in [2.05, 4.69) is 0 Å². The molecule has 0 spiro atoms. The number of hydrogen-bond donors (Lipinski definition) is 0. The summed E-state index contributed by atoms with van der Waals surface area (Å²) in [5, 5.41) is 1.15. The second-order valence-electron chi connectivity index (χ2n) is 3.99. The number of ether oxygens (including phenoxy) is 1. The van der Waals surface area contributed by atoms with Gasteiger partial charge in [0.2, 0.25) is 0 Å². The number of rotatable bonds is 1. The molecule has 0 radical (unpaired) electrons. The second kappa shape index (κ2) is 4.74. The van der Waals surface area contributed by atoms with Crippen LogP contribution in [0.15, 0.2) is 12.1 Å².